The molecule has 1 fully saturated rings. The van der Waals surface area contributed by atoms with E-state index in [1.54, 1.807) is 0 Å². The Morgan fingerprint density at radius 3 is 2.68 bits per heavy atom. The molecular weight excluding hydrogens is 246 g/mol. The molecule has 1 aromatic rings. The summed E-state index contributed by atoms with van der Waals surface area (Å²) in [6.45, 7) is 2.15. The van der Waals surface area contributed by atoms with Gasteiger partial charge in [0.2, 0.25) is 0 Å². The molecule has 0 radical (unpaired) electrons. The third-order valence-electron chi connectivity index (χ3n) is 3.89. The fourth-order valence-electron chi connectivity index (χ4n) is 2.71. The minimum absolute atomic E-state index is 0.224. The summed E-state index contributed by atoms with van der Waals surface area (Å²) in [5.41, 5.74) is 0.224. The van der Waals surface area contributed by atoms with Crippen molar-refractivity contribution in [2.24, 2.45) is 5.92 Å². The van der Waals surface area contributed by atoms with Crippen LogP contribution in [0.1, 0.15) is 44.2 Å². The van der Waals surface area contributed by atoms with Gasteiger partial charge < -0.3 is 0 Å². The maximum atomic E-state index is 13.7. The molecule has 19 heavy (non-hydrogen) atoms. The summed E-state index contributed by atoms with van der Waals surface area (Å²) in [4.78, 5) is 0. The molecule has 0 saturated heterocycles. The van der Waals surface area contributed by atoms with Gasteiger partial charge in [-0.15, -0.1) is 0 Å². The van der Waals surface area contributed by atoms with Crippen LogP contribution in [0, 0.1) is 28.9 Å². The summed E-state index contributed by atoms with van der Waals surface area (Å²) in [5.74, 6) is -0.806. The third-order valence-corrected chi connectivity index (χ3v) is 3.89. The van der Waals surface area contributed by atoms with E-state index in [4.69, 9.17) is 0 Å². The van der Waals surface area contributed by atoms with E-state index in [0.29, 0.717) is 5.92 Å². The Morgan fingerprint density at radius 1 is 1.32 bits per heavy atom. The van der Waals surface area contributed by atoms with Gasteiger partial charge in [0.1, 0.15) is 17.7 Å². The maximum absolute atomic E-state index is 13.7. The molecule has 102 valence electrons. The zero-order valence-electron chi connectivity index (χ0n) is 11.0. The van der Waals surface area contributed by atoms with E-state index in [9.17, 15) is 14.0 Å². The van der Waals surface area contributed by atoms with Crippen LogP contribution >= 0.6 is 0 Å². The lowest BCUT2D eigenvalue weighted by molar-refractivity contribution is 0.270. The van der Waals surface area contributed by atoms with Crippen molar-refractivity contribution < 1.29 is 8.78 Å². The Labute approximate surface area is 112 Å². The predicted octanol–water partition coefficient (Wildman–Crippen LogP) is 3.70. The molecule has 0 bridgehead atoms. The van der Waals surface area contributed by atoms with Gasteiger partial charge in [-0.2, -0.15) is 5.26 Å². The second kappa shape index (κ2) is 6.12. The number of rotatable bonds is 3. The minimum Gasteiger partial charge on any atom is -0.295 e. The maximum Gasteiger partial charge on any atom is 0.131 e. The van der Waals surface area contributed by atoms with E-state index in [2.05, 4.69) is 18.3 Å². The summed E-state index contributed by atoms with van der Waals surface area (Å²) in [6, 6.07) is 4.94. The van der Waals surface area contributed by atoms with E-state index < -0.39 is 17.7 Å². The number of nitrogens with one attached hydrogen (secondary N) is 1. The van der Waals surface area contributed by atoms with Gasteiger partial charge in [-0.1, -0.05) is 25.8 Å². The molecule has 0 amide bonds. The Balaban J connectivity index is 2.14. The quantitative estimate of drug-likeness (QED) is 0.903. The number of benzene rings is 1. The summed E-state index contributed by atoms with van der Waals surface area (Å²) < 4.78 is 26.6. The fourth-order valence-corrected chi connectivity index (χ4v) is 2.71. The van der Waals surface area contributed by atoms with Gasteiger partial charge in [-0.3, -0.25) is 5.32 Å². The SMILES string of the molecule is CC1CCCCC1NC(C#N)c1ccc(F)cc1F. The molecule has 2 rings (SSSR count). The molecule has 2 nitrogen and oxygen atoms in total. The molecular formula is C15H18F2N2. The first-order valence-corrected chi connectivity index (χ1v) is 6.72. The van der Waals surface area contributed by atoms with Crippen LogP contribution in [-0.2, 0) is 0 Å². The van der Waals surface area contributed by atoms with Crippen molar-refractivity contribution in [1.82, 2.24) is 5.32 Å². The summed E-state index contributed by atoms with van der Waals surface area (Å²) in [5, 5.41) is 12.4. The smallest absolute Gasteiger partial charge is 0.131 e. The van der Waals surface area contributed by atoms with E-state index in [1.807, 2.05) is 0 Å². The number of halogens is 2. The van der Waals surface area contributed by atoms with Gasteiger partial charge in [-0.25, -0.2) is 8.78 Å². The van der Waals surface area contributed by atoms with Crippen LogP contribution < -0.4 is 5.32 Å². The molecule has 4 heteroatoms. The van der Waals surface area contributed by atoms with Crippen molar-refractivity contribution in [3.8, 4) is 6.07 Å². The van der Waals surface area contributed by atoms with Crippen molar-refractivity contribution in [3.05, 3.63) is 35.4 Å². The van der Waals surface area contributed by atoms with Crippen molar-refractivity contribution in [3.63, 3.8) is 0 Å². The van der Waals surface area contributed by atoms with Gasteiger partial charge in [0.25, 0.3) is 0 Å². The first-order chi connectivity index (χ1) is 9.11. The van der Waals surface area contributed by atoms with Crippen LogP contribution in [-0.4, -0.2) is 6.04 Å². The Bertz CT molecular complexity index is 482. The van der Waals surface area contributed by atoms with Crippen molar-refractivity contribution >= 4 is 0 Å². The van der Waals surface area contributed by atoms with Crippen LogP contribution in [0.2, 0.25) is 0 Å². The predicted molar refractivity (Wildman–Crippen MR) is 69.3 cm³/mol. The lowest BCUT2D eigenvalue weighted by atomic mass is 9.85. The average Bonchev–Trinajstić information content (AvgIpc) is 2.39. The Hall–Kier alpha value is -1.47. The Kier molecular flexibility index (Phi) is 4.49. The summed E-state index contributed by atoms with van der Waals surface area (Å²) >= 11 is 0. The van der Waals surface area contributed by atoms with Crippen LogP contribution in [0.4, 0.5) is 8.78 Å². The highest BCUT2D eigenvalue weighted by Gasteiger charge is 2.25. The van der Waals surface area contributed by atoms with Crippen LogP contribution in [0.3, 0.4) is 0 Å². The van der Waals surface area contributed by atoms with Gasteiger partial charge in [0, 0.05) is 17.7 Å². The minimum atomic E-state index is -0.717. The normalized spacial score (nSPS) is 24.7. The highest BCUT2D eigenvalue weighted by molar-refractivity contribution is 5.26. The molecule has 1 aliphatic carbocycles. The standard InChI is InChI=1S/C15H18F2N2/c1-10-4-2-3-5-14(10)19-15(9-18)12-7-6-11(16)8-13(12)17/h6-8,10,14-15,19H,2-5H2,1H3. The van der Waals surface area contributed by atoms with Gasteiger partial charge >= 0.3 is 0 Å². The van der Waals surface area contributed by atoms with E-state index in [0.717, 1.165) is 25.3 Å². The largest absolute Gasteiger partial charge is 0.295 e. The number of hydrogen-bond donors (Lipinski definition) is 1. The first kappa shape index (κ1) is 14.0. The Morgan fingerprint density at radius 2 is 2.05 bits per heavy atom. The van der Waals surface area contributed by atoms with E-state index in [-0.39, 0.29) is 11.6 Å². The zero-order chi connectivity index (χ0) is 13.8. The molecule has 0 heterocycles. The van der Waals surface area contributed by atoms with E-state index >= 15 is 0 Å². The molecule has 0 aromatic heterocycles. The highest BCUT2D eigenvalue weighted by Crippen LogP contribution is 2.27. The average molecular weight is 264 g/mol. The molecule has 0 spiro atoms. The monoisotopic (exact) mass is 264 g/mol. The highest BCUT2D eigenvalue weighted by atomic mass is 19.1. The van der Waals surface area contributed by atoms with Crippen LogP contribution in [0.15, 0.2) is 18.2 Å². The topological polar surface area (TPSA) is 35.8 Å². The molecule has 0 aliphatic heterocycles. The number of nitrogens with zero attached hydrogens (tertiary/aromatic N) is 1. The fraction of sp³-hybridized carbons (Fsp3) is 0.533. The summed E-state index contributed by atoms with van der Waals surface area (Å²) in [7, 11) is 0. The molecule has 3 unspecified atom stereocenters. The van der Waals surface area contributed by atoms with E-state index in [1.165, 1.54) is 18.6 Å². The summed E-state index contributed by atoms with van der Waals surface area (Å²) in [6.07, 6.45) is 4.47. The van der Waals surface area contributed by atoms with Crippen molar-refractivity contribution in [2.45, 2.75) is 44.7 Å². The lowest BCUT2D eigenvalue weighted by Crippen LogP contribution is -2.39. The second-order valence-electron chi connectivity index (χ2n) is 5.26. The number of hydrogen-bond acceptors (Lipinski definition) is 2. The number of nitriles is 1. The van der Waals surface area contributed by atoms with Gasteiger partial charge in [0.15, 0.2) is 0 Å². The second-order valence-corrected chi connectivity index (χ2v) is 5.26. The van der Waals surface area contributed by atoms with Crippen molar-refractivity contribution in [1.29, 1.82) is 5.26 Å². The molecule has 1 aromatic carbocycles. The van der Waals surface area contributed by atoms with Gasteiger partial charge in [0.05, 0.1) is 6.07 Å². The van der Waals surface area contributed by atoms with Crippen molar-refractivity contribution in [2.75, 3.05) is 0 Å². The zero-order valence-corrected chi connectivity index (χ0v) is 11.0. The lowest BCUT2D eigenvalue weighted by Gasteiger charge is -2.31. The third kappa shape index (κ3) is 3.30. The van der Waals surface area contributed by atoms with Crippen LogP contribution in [0.25, 0.3) is 0 Å². The first-order valence-electron chi connectivity index (χ1n) is 6.72. The van der Waals surface area contributed by atoms with Gasteiger partial charge in [-0.05, 0) is 24.8 Å². The molecule has 3 atom stereocenters. The molecule has 1 saturated carbocycles. The molecule has 1 N–H and O–H groups in total. The van der Waals surface area contributed by atoms with Crippen LogP contribution in [0.5, 0.6) is 0 Å². The molecule has 1 aliphatic rings.